The molecule has 2 aromatic rings. The molecule has 0 aliphatic carbocycles. The second-order valence-electron chi connectivity index (χ2n) is 3.72. The van der Waals surface area contributed by atoms with E-state index in [0.29, 0.717) is 16.1 Å². The zero-order valence-corrected chi connectivity index (χ0v) is 12.3. The number of carbonyl (C=O) groups is 1. The molecule has 0 unspecified atom stereocenters. The zero-order valence-electron chi connectivity index (χ0n) is 9.25. The summed E-state index contributed by atoms with van der Waals surface area (Å²) in [5, 5.41) is 10.1. The maximum Gasteiger partial charge on any atom is 0.337 e. The fourth-order valence-electron chi connectivity index (χ4n) is 1.66. The van der Waals surface area contributed by atoms with E-state index in [-0.39, 0.29) is 20.6 Å². The van der Waals surface area contributed by atoms with Gasteiger partial charge in [0.25, 0.3) is 0 Å². The molecule has 19 heavy (non-hydrogen) atoms. The largest absolute Gasteiger partial charge is 0.478 e. The van der Waals surface area contributed by atoms with E-state index in [4.69, 9.17) is 51.5 Å². The lowest BCUT2D eigenvalue weighted by molar-refractivity contribution is 0.0697. The van der Waals surface area contributed by atoms with E-state index >= 15 is 0 Å². The molecule has 1 N–H and O–H groups in total. The molecular formula is C13H6Cl4O2. The Kier molecular flexibility index (Phi) is 4.26. The number of hydrogen-bond acceptors (Lipinski definition) is 1. The molecule has 0 aromatic heterocycles. The highest BCUT2D eigenvalue weighted by Gasteiger charge is 2.16. The van der Waals surface area contributed by atoms with Crippen LogP contribution in [0.15, 0.2) is 30.3 Å². The minimum absolute atomic E-state index is 0.00803. The smallest absolute Gasteiger partial charge is 0.337 e. The number of rotatable bonds is 2. The minimum Gasteiger partial charge on any atom is -0.478 e. The highest BCUT2D eigenvalue weighted by molar-refractivity contribution is 6.45. The summed E-state index contributed by atoms with van der Waals surface area (Å²) in [5.41, 5.74) is 0.953. The summed E-state index contributed by atoms with van der Waals surface area (Å²) in [5.74, 6) is -1.11. The number of halogens is 4. The molecule has 2 rings (SSSR count). The topological polar surface area (TPSA) is 37.3 Å². The Morgan fingerprint density at radius 3 is 2.26 bits per heavy atom. The normalized spacial score (nSPS) is 10.5. The van der Waals surface area contributed by atoms with Crippen LogP contribution in [0.3, 0.4) is 0 Å². The van der Waals surface area contributed by atoms with Crippen LogP contribution in [-0.2, 0) is 0 Å². The second kappa shape index (κ2) is 5.59. The number of hydrogen-bond donors (Lipinski definition) is 1. The van der Waals surface area contributed by atoms with Crippen molar-refractivity contribution in [3.8, 4) is 11.1 Å². The minimum atomic E-state index is -1.11. The van der Waals surface area contributed by atoms with Crippen molar-refractivity contribution >= 4 is 52.4 Å². The van der Waals surface area contributed by atoms with Crippen LogP contribution < -0.4 is 0 Å². The molecule has 2 nitrogen and oxygen atoms in total. The molecule has 98 valence electrons. The molecule has 0 atom stereocenters. The summed E-state index contributed by atoms with van der Waals surface area (Å²) in [6.07, 6.45) is 0. The van der Waals surface area contributed by atoms with Crippen molar-refractivity contribution in [2.24, 2.45) is 0 Å². The summed E-state index contributed by atoms with van der Waals surface area (Å²) in [6.45, 7) is 0. The predicted octanol–water partition coefficient (Wildman–Crippen LogP) is 5.67. The fraction of sp³-hybridized carbons (Fsp3) is 0. The first-order valence-electron chi connectivity index (χ1n) is 5.08. The van der Waals surface area contributed by atoms with Gasteiger partial charge in [-0.2, -0.15) is 0 Å². The molecule has 0 aliphatic heterocycles. The zero-order chi connectivity index (χ0) is 14.2. The Bertz CT molecular complexity index is 668. The fourth-order valence-corrected chi connectivity index (χ4v) is 2.67. The highest BCUT2D eigenvalue weighted by atomic mass is 35.5. The van der Waals surface area contributed by atoms with Crippen LogP contribution in [0.5, 0.6) is 0 Å². The molecule has 2 aromatic carbocycles. The first-order valence-corrected chi connectivity index (χ1v) is 6.59. The van der Waals surface area contributed by atoms with Crippen molar-refractivity contribution in [1.82, 2.24) is 0 Å². The van der Waals surface area contributed by atoms with Gasteiger partial charge >= 0.3 is 5.97 Å². The summed E-state index contributed by atoms with van der Waals surface area (Å²) in [7, 11) is 0. The van der Waals surface area contributed by atoms with Crippen LogP contribution in [-0.4, -0.2) is 11.1 Å². The standard InChI is InChI=1S/C13H6Cl4O2/c14-6-4-9(12(17)10(15)5-6)7-2-1-3-8(11(7)16)13(18)19/h1-5H,(H,18,19). The Labute approximate surface area is 129 Å². The van der Waals surface area contributed by atoms with Gasteiger partial charge in [-0.05, 0) is 18.2 Å². The molecule has 0 radical (unpaired) electrons. The van der Waals surface area contributed by atoms with Crippen LogP contribution >= 0.6 is 46.4 Å². The SMILES string of the molecule is O=C(O)c1cccc(-c2cc(Cl)cc(Cl)c2Cl)c1Cl. The van der Waals surface area contributed by atoms with Crippen molar-refractivity contribution in [2.45, 2.75) is 0 Å². The number of carboxylic acids is 1. The van der Waals surface area contributed by atoms with Crippen molar-refractivity contribution in [2.75, 3.05) is 0 Å². The van der Waals surface area contributed by atoms with E-state index in [1.165, 1.54) is 12.1 Å². The van der Waals surface area contributed by atoms with Gasteiger partial charge in [-0.15, -0.1) is 0 Å². The Hall–Kier alpha value is -0.930. The van der Waals surface area contributed by atoms with Gasteiger partial charge in [-0.25, -0.2) is 4.79 Å². The highest BCUT2D eigenvalue weighted by Crippen LogP contribution is 2.40. The molecule has 0 fully saturated rings. The van der Waals surface area contributed by atoms with E-state index in [0.717, 1.165) is 0 Å². The van der Waals surface area contributed by atoms with Gasteiger partial charge in [-0.1, -0.05) is 58.5 Å². The molecule has 0 heterocycles. The van der Waals surface area contributed by atoms with Crippen LogP contribution in [0.25, 0.3) is 11.1 Å². The van der Waals surface area contributed by atoms with Gasteiger partial charge in [-0.3, -0.25) is 0 Å². The van der Waals surface area contributed by atoms with E-state index in [2.05, 4.69) is 0 Å². The molecule has 0 saturated heterocycles. The van der Waals surface area contributed by atoms with Crippen LogP contribution in [0.4, 0.5) is 0 Å². The predicted molar refractivity (Wildman–Crippen MR) is 78.9 cm³/mol. The molecule has 0 spiro atoms. The van der Waals surface area contributed by atoms with Crippen molar-refractivity contribution < 1.29 is 9.90 Å². The van der Waals surface area contributed by atoms with E-state index < -0.39 is 5.97 Å². The monoisotopic (exact) mass is 334 g/mol. The van der Waals surface area contributed by atoms with E-state index in [1.807, 2.05) is 0 Å². The summed E-state index contributed by atoms with van der Waals surface area (Å²) in [6, 6.07) is 7.74. The lowest BCUT2D eigenvalue weighted by Crippen LogP contribution is -1.98. The van der Waals surface area contributed by atoms with Gasteiger partial charge in [0.05, 0.1) is 20.6 Å². The van der Waals surface area contributed by atoms with Crippen LogP contribution in [0, 0.1) is 0 Å². The molecule has 0 amide bonds. The third-order valence-electron chi connectivity index (χ3n) is 2.51. The number of benzene rings is 2. The lowest BCUT2D eigenvalue weighted by atomic mass is 10.0. The van der Waals surface area contributed by atoms with E-state index in [1.54, 1.807) is 18.2 Å². The quantitative estimate of drug-likeness (QED) is 0.718. The van der Waals surface area contributed by atoms with Crippen LogP contribution in [0.2, 0.25) is 20.1 Å². The van der Waals surface area contributed by atoms with E-state index in [9.17, 15) is 4.79 Å². The van der Waals surface area contributed by atoms with Crippen molar-refractivity contribution in [3.05, 3.63) is 56.0 Å². The number of carboxylic acid groups (broad SMARTS) is 1. The van der Waals surface area contributed by atoms with Gasteiger partial charge in [0, 0.05) is 16.1 Å². The van der Waals surface area contributed by atoms with Crippen molar-refractivity contribution in [3.63, 3.8) is 0 Å². The molecule has 0 aliphatic rings. The summed E-state index contributed by atoms with van der Waals surface area (Å²) >= 11 is 24.1. The molecule has 0 saturated carbocycles. The lowest BCUT2D eigenvalue weighted by Gasteiger charge is -2.10. The summed E-state index contributed by atoms with van der Waals surface area (Å²) < 4.78 is 0. The average molecular weight is 336 g/mol. The molecular weight excluding hydrogens is 330 g/mol. The average Bonchev–Trinajstić information content (AvgIpc) is 2.34. The Morgan fingerprint density at radius 2 is 1.63 bits per heavy atom. The third-order valence-corrected chi connectivity index (χ3v) is 3.94. The summed E-state index contributed by atoms with van der Waals surface area (Å²) in [4.78, 5) is 11.1. The van der Waals surface area contributed by atoms with Crippen LogP contribution in [0.1, 0.15) is 10.4 Å². The first-order chi connectivity index (χ1) is 8.91. The maximum absolute atomic E-state index is 11.1. The van der Waals surface area contributed by atoms with Gasteiger partial charge in [0.1, 0.15) is 0 Å². The number of aromatic carboxylic acids is 1. The molecule has 6 heteroatoms. The molecule has 0 bridgehead atoms. The first kappa shape index (κ1) is 14.5. The maximum atomic E-state index is 11.1. The van der Waals surface area contributed by atoms with Gasteiger partial charge in [0.2, 0.25) is 0 Å². The third kappa shape index (κ3) is 2.82. The Morgan fingerprint density at radius 1 is 0.947 bits per heavy atom. The van der Waals surface area contributed by atoms with Crippen molar-refractivity contribution in [1.29, 1.82) is 0 Å². The van der Waals surface area contributed by atoms with Gasteiger partial charge < -0.3 is 5.11 Å². The Balaban J connectivity index is 2.73. The van der Waals surface area contributed by atoms with Gasteiger partial charge in [0.15, 0.2) is 0 Å². The second-order valence-corrected chi connectivity index (χ2v) is 5.32.